The number of carboxylic acids is 1. The third-order valence-corrected chi connectivity index (χ3v) is 4.55. The highest BCUT2D eigenvalue weighted by atomic mass is 35.5. The van der Waals surface area contributed by atoms with E-state index in [0.29, 0.717) is 27.5 Å². The minimum Gasteiger partial charge on any atom is -0.479 e. The first-order valence-corrected chi connectivity index (χ1v) is 7.93. The van der Waals surface area contributed by atoms with Gasteiger partial charge in [0.05, 0.1) is 11.3 Å². The molecule has 128 valence electrons. The van der Waals surface area contributed by atoms with Crippen LogP contribution in [0.4, 0.5) is 0 Å². The normalized spacial score (nSPS) is 13.4. The molecule has 7 heteroatoms. The molecule has 2 rings (SSSR count). The fraction of sp³-hybridized carbons (Fsp3) is 0.353. The summed E-state index contributed by atoms with van der Waals surface area (Å²) >= 11 is 5.88. The monoisotopic (exact) mass is 349 g/mol. The molecule has 1 aromatic heterocycles. The number of rotatable bonds is 5. The number of halogens is 1. The minimum atomic E-state index is -1.53. The van der Waals surface area contributed by atoms with Gasteiger partial charge in [0, 0.05) is 17.8 Å². The number of nitrogens with zero attached hydrogens (tertiary/aromatic N) is 2. The number of amides is 1. The van der Waals surface area contributed by atoms with Crippen molar-refractivity contribution >= 4 is 23.5 Å². The number of hydrogen-bond acceptors (Lipinski definition) is 3. The molecule has 1 unspecified atom stereocenters. The zero-order valence-corrected chi connectivity index (χ0v) is 14.8. The first-order chi connectivity index (χ1) is 11.2. The molecule has 1 atom stereocenters. The van der Waals surface area contributed by atoms with Crippen LogP contribution >= 0.6 is 11.6 Å². The molecule has 0 bridgehead atoms. The van der Waals surface area contributed by atoms with Crippen LogP contribution in [0.2, 0.25) is 5.02 Å². The maximum atomic E-state index is 12.8. The van der Waals surface area contributed by atoms with E-state index in [9.17, 15) is 14.7 Å². The Balaban J connectivity index is 2.48. The summed E-state index contributed by atoms with van der Waals surface area (Å²) in [5.74, 6) is -1.59. The lowest BCUT2D eigenvalue weighted by molar-refractivity contribution is -0.145. The molecule has 1 amide bonds. The Kier molecular flexibility index (Phi) is 4.99. The van der Waals surface area contributed by atoms with Crippen LogP contribution in [0, 0.1) is 13.8 Å². The molecular weight excluding hydrogens is 330 g/mol. The second-order valence-electron chi connectivity index (χ2n) is 5.69. The zero-order chi connectivity index (χ0) is 18.1. The summed E-state index contributed by atoms with van der Waals surface area (Å²) in [6.07, 6.45) is 0.189. The van der Waals surface area contributed by atoms with Gasteiger partial charge < -0.3 is 10.4 Å². The molecule has 0 saturated carbocycles. The van der Waals surface area contributed by atoms with Crippen molar-refractivity contribution in [1.82, 2.24) is 15.1 Å². The van der Waals surface area contributed by atoms with Crippen molar-refractivity contribution in [2.45, 2.75) is 32.7 Å². The van der Waals surface area contributed by atoms with Gasteiger partial charge in [0.15, 0.2) is 5.54 Å². The van der Waals surface area contributed by atoms with Crippen LogP contribution < -0.4 is 5.32 Å². The van der Waals surface area contributed by atoms with Crippen LogP contribution in [-0.4, -0.2) is 26.8 Å². The molecule has 1 heterocycles. The van der Waals surface area contributed by atoms with Crippen molar-refractivity contribution in [3.8, 4) is 0 Å². The molecule has 0 fully saturated rings. The fourth-order valence-electron chi connectivity index (χ4n) is 2.79. The molecular formula is C17H20ClN3O3. The van der Waals surface area contributed by atoms with Crippen LogP contribution in [0.5, 0.6) is 0 Å². The van der Waals surface area contributed by atoms with E-state index in [0.717, 1.165) is 0 Å². The lowest BCUT2D eigenvalue weighted by Gasteiger charge is -2.30. The van der Waals surface area contributed by atoms with E-state index in [1.165, 1.54) is 0 Å². The van der Waals surface area contributed by atoms with E-state index in [-0.39, 0.29) is 6.42 Å². The van der Waals surface area contributed by atoms with E-state index in [4.69, 9.17) is 11.6 Å². The summed E-state index contributed by atoms with van der Waals surface area (Å²) in [6, 6.07) is 6.44. The lowest BCUT2D eigenvalue weighted by atomic mass is 9.86. The van der Waals surface area contributed by atoms with Crippen LogP contribution in [0.25, 0.3) is 0 Å². The highest BCUT2D eigenvalue weighted by Crippen LogP contribution is 2.28. The molecule has 0 spiro atoms. The SMILES string of the molecule is CCC(NC(=O)c1c(C)nn(C)c1C)(C(=O)O)c1ccc(Cl)cc1. The second kappa shape index (κ2) is 6.65. The molecule has 0 saturated heterocycles. The Morgan fingerprint density at radius 2 is 1.88 bits per heavy atom. The summed E-state index contributed by atoms with van der Waals surface area (Å²) in [6.45, 7) is 5.20. The lowest BCUT2D eigenvalue weighted by Crippen LogP contribution is -2.51. The minimum absolute atomic E-state index is 0.189. The van der Waals surface area contributed by atoms with E-state index in [2.05, 4.69) is 10.4 Å². The van der Waals surface area contributed by atoms with E-state index in [1.54, 1.807) is 56.8 Å². The summed E-state index contributed by atoms with van der Waals surface area (Å²) in [5.41, 5.74) is 0.562. The average Bonchev–Trinajstić information content (AvgIpc) is 2.78. The molecule has 0 aliphatic rings. The molecule has 0 aliphatic carbocycles. The summed E-state index contributed by atoms with van der Waals surface area (Å²) in [4.78, 5) is 24.8. The van der Waals surface area contributed by atoms with Gasteiger partial charge in [0.2, 0.25) is 0 Å². The molecule has 0 radical (unpaired) electrons. The Labute approximate surface area is 145 Å². The van der Waals surface area contributed by atoms with Crippen molar-refractivity contribution in [2.24, 2.45) is 7.05 Å². The number of hydrogen-bond donors (Lipinski definition) is 2. The van der Waals surface area contributed by atoms with Crippen LogP contribution in [0.3, 0.4) is 0 Å². The van der Waals surface area contributed by atoms with E-state index in [1.807, 2.05) is 0 Å². The third kappa shape index (κ3) is 3.01. The second-order valence-corrected chi connectivity index (χ2v) is 6.13. The van der Waals surface area contributed by atoms with Gasteiger partial charge in [-0.15, -0.1) is 0 Å². The Bertz CT molecular complexity index is 783. The molecule has 1 aromatic carbocycles. The van der Waals surface area contributed by atoms with E-state index >= 15 is 0 Å². The van der Waals surface area contributed by atoms with E-state index < -0.39 is 17.4 Å². The smallest absolute Gasteiger partial charge is 0.334 e. The zero-order valence-electron chi connectivity index (χ0n) is 14.1. The number of nitrogens with one attached hydrogen (secondary N) is 1. The standard InChI is InChI=1S/C17H20ClN3O3/c1-5-17(16(23)24,12-6-8-13(18)9-7-12)19-15(22)14-10(2)20-21(4)11(14)3/h6-9H,5H2,1-4H3,(H,19,22)(H,23,24). The summed E-state index contributed by atoms with van der Waals surface area (Å²) < 4.78 is 1.60. The fourth-order valence-corrected chi connectivity index (χ4v) is 2.91. The predicted octanol–water partition coefficient (Wildman–Crippen LogP) is 2.81. The highest BCUT2D eigenvalue weighted by molar-refractivity contribution is 6.30. The molecule has 2 N–H and O–H groups in total. The molecule has 24 heavy (non-hydrogen) atoms. The maximum absolute atomic E-state index is 12.8. The van der Waals surface area contributed by atoms with Gasteiger partial charge in [-0.1, -0.05) is 30.7 Å². The first kappa shape index (κ1) is 18.0. The quantitative estimate of drug-likeness (QED) is 0.869. The number of carbonyl (C=O) groups excluding carboxylic acids is 1. The van der Waals surface area contributed by atoms with Crippen molar-refractivity contribution < 1.29 is 14.7 Å². The number of benzene rings is 1. The average molecular weight is 350 g/mol. The van der Waals surface area contributed by atoms with Gasteiger partial charge in [-0.25, -0.2) is 4.79 Å². The highest BCUT2D eigenvalue weighted by Gasteiger charge is 2.41. The summed E-state index contributed by atoms with van der Waals surface area (Å²) in [5, 5.41) is 17.2. The topological polar surface area (TPSA) is 84.2 Å². The van der Waals surface area contributed by atoms with Crippen molar-refractivity contribution in [3.05, 3.63) is 51.8 Å². The first-order valence-electron chi connectivity index (χ1n) is 7.55. The van der Waals surface area contributed by atoms with Crippen LogP contribution in [0.1, 0.15) is 40.7 Å². The largest absolute Gasteiger partial charge is 0.479 e. The number of carboxylic acid groups (broad SMARTS) is 1. The van der Waals surface area contributed by atoms with Crippen LogP contribution in [0.15, 0.2) is 24.3 Å². The molecule has 6 nitrogen and oxygen atoms in total. The van der Waals surface area contributed by atoms with Gasteiger partial charge in [-0.05, 0) is 38.0 Å². The predicted molar refractivity (Wildman–Crippen MR) is 91.2 cm³/mol. The number of aliphatic carboxylic acids is 1. The number of aromatic nitrogens is 2. The van der Waals surface area contributed by atoms with Gasteiger partial charge >= 0.3 is 5.97 Å². The number of aryl methyl sites for hydroxylation is 2. The molecule has 2 aromatic rings. The van der Waals surface area contributed by atoms with Gasteiger partial charge in [0.25, 0.3) is 5.91 Å². The Morgan fingerprint density at radius 3 is 2.29 bits per heavy atom. The van der Waals surface area contributed by atoms with Gasteiger partial charge in [-0.2, -0.15) is 5.10 Å². The third-order valence-electron chi connectivity index (χ3n) is 4.30. The maximum Gasteiger partial charge on any atom is 0.334 e. The summed E-state index contributed by atoms with van der Waals surface area (Å²) in [7, 11) is 1.74. The molecule has 0 aliphatic heterocycles. The Hall–Kier alpha value is -2.34. The van der Waals surface area contributed by atoms with Crippen molar-refractivity contribution in [1.29, 1.82) is 0 Å². The van der Waals surface area contributed by atoms with Gasteiger partial charge in [0.1, 0.15) is 0 Å². The van der Waals surface area contributed by atoms with Crippen molar-refractivity contribution in [2.75, 3.05) is 0 Å². The van der Waals surface area contributed by atoms with Crippen LogP contribution in [-0.2, 0) is 17.4 Å². The number of carbonyl (C=O) groups is 2. The Morgan fingerprint density at radius 1 is 1.29 bits per heavy atom. The van der Waals surface area contributed by atoms with Crippen molar-refractivity contribution in [3.63, 3.8) is 0 Å². The van der Waals surface area contributed by atoms with Gasteiger partial charge in [-0.3, -0.25) is 9.48 Å².